The van der Waals surface area contributed by atoms with E-state index in [4.69, 9.17) is 4.74 Å². The number of piperidine rings is 3. The van der Waals surface area contributed by atoms with Crippen LogP contribution in [-0.4, -0.2) is 70.8 Å². The smallest absolute Gasteiger partial charge is 0.272 e. The van der Waals surface area contributed by atoms with Gasteiger partial charge in [-0.25, -0.2) is 0 Å². The van der Waals surface area contributed by atoms with Crippen molar-refractivity contribution in [1.29, 1.82) is 0 Å². The largest absolute Gasteiger partial charge is 0.489 e. The lowest BCUT2D eigenvalue weighted by Gasteiger charge is -2.44. The molecule has 4 aliphatic rings. The molecule has 2 atom stereocenters. The first-order valence-corrected chi connectivity index (χ1v) is 12.2. The van der Waals surface area contributed by atoms with Crippen LogP contribution in [-0.2, 0) is 6.54 Å². The van der Waals surface area contributed by atoms with Crippen LogP contribution in [0.2, 0.25) is 0 Å². The minimum absolute atomic E-state index is 0.0907. The van der Waals surface area contributed by atoms with Crippen molar-refractivity contribution >= 4 is 16.8 Å². The van der Waals surface area contributed by atoms with Gasteiger partial charge in [-0.1, -0.05) is 30.3 Å². The maximum Gasteiger partial charge on any atom is 0.272 e. The van der Waals surface area contributed by atoms with E-state index in [0.717, 1.165) is 62.3 Å². The number of carbonyl (C=O) groups is 1. The fourth-order valence-corrected chi connectivity index (χ4v) is 5.68. The Bertz CT molecular complexity index is 1120. The molecule has 0 saturated carbocycles. The van der Waals surface area contributed by atoms with E-state index in [0.29, 0.717) is 11.6 Å². The number of likely N-dealkylation sites (tertiary alicyclic amines) is 1. The van der Waals surface area contributed by atoms with Crippen molar-refractivity contribution in [1.82, 2.24) is 25.3 Å². The van der Waals surface area contributed by atoms with Gasteiger partial charge in [0.05, 0.1) is 5.52 Å². The first-order chi connectivity index (χ1) is 16.2. The van der Waals surface area contributed by atoms with Crippen LogP contribution in [0.25, 0.3) is 10.9 Å². The van der Waals surface area contributed by atoms with Gasteiger partial charge in [0.1, 0.15) is 11.9 Å². The number of benzene rings is 2. The van der Waals surface area contributed by atoms with Crippen LogP contribution in [0, 0.1) is 5.92 Å². The molecule has 0 spiro atoms. The molecule has 172 valence electrons. The highest BCUT2D eigenvalue weighted by Gasteiger charge is 2.35. The van der Waals surface area contributed by atoms with Gasteiger partial charge >= 0.3 is 0 Å². The van der Waals surface area contributed by atoms with Crippen LogP contribution in [0.4, 0.5) is 0 Å². The number of aromatic nitrogens is 2. The highest BCUT2D eigenvalue weighted by atomic mass is 16.5. The molecule has 1 unspecified atom stereocenters. The second-order valence-electron chi connectivity index (χ2n) is 9.75. The summed E-state index contributed by atoms with van der Waals surface area (Å²) in [6.07, 6.45) is 3.51. The standard InChI is InChI=1S/C26H31N5O2/c32-26(27-24-17-30-11-8-19(24)9-12-30)25-22-14-20(6-7-23(22)28-29-25)33-21-10-13-31(16-21)15-18-4-2-1-3-5-18/h1-7,14,19,21,24H,8-13,15-17H2,(H,27,32)(H,28,29)/t21?,24-/m1/s1. The molecule has 7 nitrogen and oxygen atoms in total. The van der Waals surface area contributed by atoms with Gasteiger partial charge in [0.15, 0.2) is 5.69 Å². The molecule has 0 radical (unpaired) electrons. The molecule has 4 fully saturated rings. The molecule has 3 aromatic rings. The van der Waals surface area contributed by atoms with Gasteiger partial charge in [-0.2, -0.15) is 5.10 Å². The Balaban J connectivity index is 1.12. The first kappa shape index (κ1) is 20.7. The number of nitrogens with zero attached hydrogens (tertiary/aromatic N) is 3. The Hall–Kier alpha value is -2.90. The fourth-order valence-electron chi connectivity index (χ4n) is 5.68. The van der Waals surface area contributed by atoms with Crippen LogP contribution in [0.15, 0.2) is 48.5 Å². The van der Waals surface area contributed by atoms with Crippen molar-refractivity contribution in [2.24, 2.45) is 5.92 Å². The summed E-state index contributed by atoms with van der Waals surface area (Å²) in [6, 6.07) is 16.7. The highest BCUT2D eigenvalue weighted by Crippen LogP contribution is 2.29. The highest BCUT2D eigenvalue weighted by molar-refractivity contribution is 6.05. The van der Waals surface area contributed by atoms with E-state index in [-0.39, 0.29) is 18.1 Å². The van der Waals surface area contributed by atoms with Crippen LogP contribution in [0.3, 0.4) is 0 Å². The third-order valence-corrected chi connectivity index (χ3v) is 7.50. The number of H-pyrrole nitrogens is 1. The lowest BCUT2D eigenvalue weighted by molar-refractivity contribution is 0.0618. The van der Waals surface area contributed by atoms with E-state index >= 15 is 0 Å². The molecule has 1 aromatic heterocycles. The molecule has 2 aromatic carbocycles. The van der Waals surface area contributed by atoms with Crippen molar-refractivity contribution in [2.45, 2.75) is 38.0 Å². The lowest BCUT2D eigenvalue weighted by atomic mass is 9.84. The summed E-state index contributed by atoms with van der Waals surface area (Å²) in [5.74, 6) is 1.30. The maximum atomic E-state index is 13.1. The molecular formula is C26H31N5O2. The summed E-state index contributed by atoms with van der Waals surface area (Å²) in [7, 11) is 0. The topological polar surface area (TPSA) is 73.5 Å². The van der Waals surface area contributed by atoms with Crippen molar-refractivity contribution in [3.8, 4) is 5.75 Å². The summed E-state index contributed by atoms with van der Waals surface area (Å²) >= 11 is 0. The number of aromatic amines is 1. The van der Waals surface area contributed by atoms with E-state index in [9.17, 15) is 4.79 Å². The van der Waals surface area contributed by atoms with Gasteiger partial charge in [-0.05, 0) is 62.0 Å². The summed E-state index contributed by atoms with van der Waals surface area (Å²) < 4.78 is 6.32. The number of rotatable bonds is 6. The average Bonchev–Trinajstić information content (AvgIpc) is 3.47. The van der Waals surface area contributed by atoms with Gasteiger partial charge in [-0.15, -0.1) is 0 Å². The summed E-state index contributed by atoms with van der Waals surface area (Å²) in [4.78, 5) is 18.0. The van der Waals surface area contributed by atoms with Gasteiger partial charge < -0.3 is 15.0 Å². The third kappa shape index (κ3) is 4.35. The molecule has 7 heteroatoms. The van der Waals surface area contributed by atoms with Crippen molar-refractivity contribution in [3.05, 3.63) is 59.8 Å². The number of nitrogens with one attached hydrogen (secondary N) is 2. The van der Waals surface area contributed by atoms with Crippen molar-refractivity contribution in [2.75, 3.05) is 32.7 Å². The second-order valence-corrected chi connectivity index (χ2v) is 9.75. The minimum Gasteiger partial charge on any atom is -0.489 e. The van der Waals surface area contributed by atoms with E-state index < -0.39 is 0 Å². The zero-order chi connectivity index (χ0) is 22.2. The molecule has 33 heavy (non-hydrogen) atoms. The Morgan fingerprint density at radius 3 is 2.70 bits per heavy atom. The number of ether oxygens (including phenoxy) is 1. The molecule has 0 aliphatic carbocycles. The maximum absolute atomic E-state index is 13.1. The normalized spacial score (nSPS) is 27.2. The summed E-state index contributed by atoms with van der Waals surface area (Å²) in [6.45, 7) is 6.16. The van der Waals surface area contributed by atoms with Gasteiger partial charge in [-0.3, -0.25) is 14.8 Å². The molecule has 5 heterocycles. The zero-order valence-electron chi connectivity index (χ0n) is 18.9. The van der Waals surface area contributed by atoms with E-state index in [2.05, 4.69) is 55.6 Å². The third-order valence-electron chi connectivity index (χ3n) is 7.50. The molecule has 4 aliphatic heterocycles. The predicted molar refractivity (Wildman–Crippen MR) is 127 cm³/mol. The predicted octanol–water partition coefficient (Wildman–Crippen LogP) is 3.04. The Morgan fingerprint density at radius 1 is 1.06 bits per heavy atom. The summed E-state index contributed by atoms with van der Waals surface area (Å²) in [5.41, 5.74) is 2.65. The van der Waals surface area contributed by atoms with Crippen LogP contribution in [0.5, 0.6) is 5.75 Å². The van der Waals surface area contributed by atoms with E-state index in [1.165, 1.54) is 18.4 Å². The SMILES string of the molecule is O=C(N[C@@H]1CN2CCC1CC2)c1n[nH]c2ccc(OC3CCN(Cc4ccccc4)C3)cc12. The van der Waals surface area contributed by atoms with E-state index in [1.54, 1.807) is 0 Å². The Morgan fingerprint density at radius 2 is 1.91 bits per heavy atom. The fraction of sp³-hybridized carbons (Fsp3) is 0.462. The van der Waals surface area contributed by atoms with Gasteiger partial charge in [0, 0.05) is 37.6 Å². The minimum atomic E-state index is -0.0907. The molecule has 2 bridgehead atoms. The van der Waals surface area contributed by atoms with Crippen LogP contribution >= 0.6 is 0 Å². The number of amides is 1. The Kier molecular flexibility index (Phi) is 5.52. The first-order valence-electron chi connectivity index (χ1n) is 12.2. The number of fused-ring (bicyclic) bond motifs is 4. The zero-order valence-corrected chi connectivity index (χ0v) is 18.9. The quantitative estimate of drug-likeness (QED) is 0.610. The van der Waals surface area contributed by atoms with Gasteiger partial charge in [0.2, 0.25) is 0 Å². The van der Waals surface area contributed by atoms with Crippen molar-refractivity contribution in [3.63, 3.8) is 0 Å². The number of hydrogen-bond acceptors (Lipinski definition) is 5. The molecule has 4 saturated heterocycles. The molecule has 2 N–H and O–H groups in total. The second kappa shape index (κ2) is 8.80. The van der Waals surface area contributed by atoms with E-state index in [1.807, 2.05) is 18.2 Å². The summed E-state index contributed by atoms with van der Waals surface area (Å²) in [5, 5.41) is 11.4. The van der Waals surface area contributed by atoms with Crippen LogP contribution in [0.1, 0.15) is 35.3 Å². The average molecular weight is 446 g/mol. The molecule has 1 amide bonds. The van der Waals surface area contributed by atoms with Crippen molar-refractivity contribution < 1.29 is 9.53 Å². The van der Waals surface area contributed by atoms with Gasteiger partial charge in [0.25, 0.3) is 5.91 Å². The Labute approximate surface area is 194 Å². The monoisotopic (exact) mass is 445 g/mol. The number of carbonyl (C=O) groups excluding carboxylic acids is 1. The lowest BCUT2D eigenvalue weighted by Crippen LogP contribution is -2.57. The number of hydrogen-bond donors (Lipinski definition) is 2. The van der Waals surface area contributed by atoms with Crippen LogP contribution < -0.4 is 10.1 Å². The molecule has 7 rings (SSSR count). The molecular weight excluding hydrogens is 414 g/mol.